The molecular formula is C22H19N3O4. The van der Waals surface area contributed by atoms with Crippen LogP contribution < -0.4 is 19.5 Å². The van der Waals surface area contributed by atoms with Crippen LogP contribution in [-0.4, -0.2) is 29.1 Å². The maximum Gasteiger partial charge on any atom is 0.321 e. The predicted octanol–water partition coefficient (Wildman–Crippen LogP) is 4.00. The van der Waals surface area contributed by atoms with E-state index in [1.165, 1.54) is 6.08 Å². The molecule has 7 nitrogen and oxygen atoms in total. The standard InChI is InChI=1S/C22H19N3O4/c1-15-13-17(29-22-23-9-2-10-24-22)5-6-18(15)25-21(26)8-4-16-3-7-19-20(14-16)28-12-11-27-19/h2-10,13-14H,11-12H2,1H3,(H,25,26)/b8-4+. The van der Waals surface area contributed by atoms with Crippen molar-refractivity contribution in [3.05, 3.63) is 72.1 Å². The third kappa shape index (κ3) is 4.70. The van der Waals surface area contributed by atoms with Gasteiger partial charge in [0.25, 0.3) is 0 Å². The van der Waals surface area contributed by atoms with Crippen LogP contribution in [0.1, 0.15) is 11.1 Å². The van der Waals surface area contributed by atoms with E-state index in [0.717, 1.165) is 16.9 Å². The van der Waals surface area contributed by atoms with Crippen LogP contribution in [0.2, 0.25) is 0 Å². The molecule has 3 aromatic rings. The summed E-state index contributed by atoms with van der Waals surface area (Å²) in [6, 6.07) is 12.9. The highest BCUT2D eigenvalue weighted by molar-refractivity contribution is 6.02. The molecule has 29 heavy (non-hydrogen) atoms. The van der Waals surface area contributed by atoms with Crippen LogP contribution in [0.15, 0.2) is 60.9 Å². The fourth-order valence-electron chi connectivity index (χ4n) is 2.79. The van der Waals surface area contributed by atoms with Gasteiger partial charge in [-0.2, -0.15) is 0 Å². The van der Waals surface area contributed by atoms with Crippen LogP contribution in [-0.2, 0) is 4.79 Å². The third-order valence-corrected chi connectivity index (χ3v) is 4.20. The minimum Gasteiger partial charge on any atom is -0.486 e. The van der Waals surface area contributed by atoms with E-state index in [1.807, 2.05) is 31.2 Å². The Morgan fingerprint density at radius 1 is 1.07 bits per heavy atom. The Morgan fingerprint density at radius 3 is 2.66 bits per heavy atom. The summed E-state index contributed by atoms with van der Waals surface area (Å²) in [6.45, 7) is 2.96. The maximum absolute atomic E-state index is 12.3. The molecule has 1 aliphatic rings. The molecular weight excluding hydrogens is 370 g/mol. The summed E-state index contributed by atoms with van der Waals surface area (Å²) in [7, 11) is 0. The van der Waals surface area contributed by atoms with Crippen molar-refractivity contribution in [2.45, 2.75) is 6.92 Å². The van der Waals surface area contributed by atoms with E-state index in [4.69, 9.17) is 14.2 Å². The highest BCUT2D eigenvalue weighted by Crippen LogP contribution is 2.31. The van der Waals surface area contributed by atoms with Gasteiger partial charge < -0.3 is 19.5 Å². The first-order valence-corrected chi connectivity index (χ1v) is 9.12. The van der Waals surface area contributed by atoms with Crippen LogP contribution in [0.3, 0.4) is 0 Å². The lowest BCUT2D eigenvalue weighted by molar-refractivity contribution is -0.111. The number of carbonyl (C=O) groups is 1. The number of hydrogen-bond acceptors (Lipinski definition) is 6. The molecule has 146 valence electrons. The van der Waals surface area contributed by atoms with Gasteiger partial charge in [0.1, 0.15) is 19.0 Å². The lowest BCUT2D eigenvalue weighted by Crippen LogP contribution is -2.15. The average molecular weight is 389 g/mol. The quantitative estimate of drug-likeness (QED) is 0.664. The molecule has 1 N–H and O–H groups in total. The first kappa shape index (κ1) is 18.5. The maximum atomic E-state index is 12.3. The molecule has 1 aliphatic heterocycles. The number of nitrogens with one attached hydrogen (secondary N) is 1. The molecule has 0 aliphatic carbocycles. The molecule has 0 bridgehead atoms. The number of nitrogens with zero attached hydrogens (tertiary/aromatic N) is 2. The summed E-state index contributed by atoms with van der Waals surface area (Å²) in [6.07, 6.45) is 6.43. The Kier molecular flexibility index (Phi) is 5.38. The van der Waals surface area contributed by atoms with Gasteiger partial charge in [-0.05, 0) is 60.5 Å². The van der Waals surface area contributed by atoms with Crippen molar-refractivity contribution in [2.24, 2.45) is 0 Å². The van der Waals surface area contributed by atoms with Gasteiger partial charge in [-0.25, -0.2) is 9.97 Å². The van der Waals surface area contributed by atoms with Gasteiger partial charge >= 0.3 is 6.01 Å². The lowest BCUT2D eigenvalue weighted by Gasteiger charge is -2.18. The van der Waals surface area contributed by atoms with Gasteiger partial charge in [0.05, 0.1) is 0 Å². The molecule has 0 saturated carbocycles. The van der Waals surface area contributed by atoms with Gasteiger partial charge in [0.2, 0.25) is 5.91 Å². The SMILES string of the molecule is Cc1cc(Oc2ncccn2)ccc1NC(=O)/C=C/c1ccc2c(c1)OCCO2. The van der Waals surface area contributed by atoms with Crippen molar-refractivity contribution in [3.8, 4) is 23.3 Å². The number of hydrogen-bond donors (Lipinski definition) is 1. The highest BCUT2D eigenvalue weighted by atomic mass is 16.6. The summed E-state index contributed by atoms with van der Waals surface area (Å²) >= 11 is 0. The molecule has 2 aromatic carbocycles. The molecule has 0 radical (unpaired) electrons. The molecule has 7 heteroatoms. The van der Waals surface area contributed by atoms with Crippen LogP contribution >= 0.6 is 0 Å². The molecule has 4 rings (SSSR count). The Morgan fingerprint density at radius 2 is 1.86 bits per heavy atom. The first-order chi connectivity index (χ1) is 14.2. The normalized spacial score (nSPS) is 12.6. The van der Waals surface area contributed by atoms with Crippen molar-refractivity contribution in [2.75, 3.05) is 18.5 Å². The zero-order chi connectivity index (χ0) is 20.1. The number of rotatable bonds is 5. The van der Waals surface area contributed by atoms with E-state index < -0.39 is 0 Å². The van der Waals surface area contributed by atoms with E-state index in [9.17, 15) is 4.79 Å². The number of amides is 1. The number of carbonyl (C=O) groups excluding carboxylic acids is 1. The lowest BCUT2D eigenvalue weighted by atomic mass is 10.1. The van der Waals surface area contributed by atoms with Crippen molar-refractivity contribution in [3.63, 3.8) is 0 Å². The monoisotopic (exact) mass is 389 g/mol. The second-order valence-corrected chi connectivity index (χ2v) is 6.34. The summed E-state index contributed by atoms with van der Waals surface area (Å²) in [5.74, 6) is 1.77. The molecule has 2 heterocycles. The summed E-state index contributed by atoms with van der Waals surface area (Å²) in [5.41, 5.74) is 2.41. The first-order valence-electron chi connectivity index (χ1n) is 9.12. The molecule has 0 unspecified atom stereocenters. The summed E-state index contributed by atoms with van der Waals surface area (Å²) in [4.78, 5) is 20.3. The number of fused-ring (bicyclic) bond motifs is 1. The van der Waals surface area contributed by atoms with Crippen molar-refractivity contribution < 1.29 is 19.0 Å². The van der Waals surface area contributed by atoms with E-state index >= 15 is 0 Å². The second kappa shape index (κ2) is 8.43. The minimum atomic E-state index is -0.233. The second-order valence-electron chi connectivity index (χ2n) is 6.34. The molecule has 0 spiro atoms. The number of benzene rings is 2. The van der Waals surface area contributed by atoms with Gasteiger partial charge in [0, 0.05) is 24.2 Å². The van der Waals surface area contributed by atoms with Gasteiger partial charge in [-0.3, -0.25) is 4.79 Å². The van der Waals surface area contributed by atoms with Crippen LogP contribution in [0.4, 0.5) is 5.69 Å². The third-order valence-electron chi connectivity index (χ3n) is 4.20. The average Bonchev–Trinajstić information content (AvgIpc) is 2.75. The summed E-state index contributed by atoms with van der Waals surface area (Å²) < 4.78 is 16.7. The van der Waals surface area contributed by atoms with Crippen LogP contribution in [0.25, 0.3) is 6.08 Å². The van der Waals surface area contributed by atoms with E-state index in [2.05, 4.69) is 15.3 Å². The Labute approximate surface area is 168 Å². The molecule has 0 atom stereocenters. The topological polar surface area (TPSA) is 82.6 Å². The fraction of sp³-hybridized carbons (Fsp3) is 0.136. The Balaban J connectivity index is 1.39. The molecule has 1 aromatic heterocycles. The predicted molar refractivity (Wildman–Crippen MR) is 108 cm³/mol. The van der Waals surface area contributed by atoms with Gasteiger partial charge in [-0.1, -0.05) is 6.07 Å². The Hall–Kier alpha value is -3.87. The van der Waals surface area contributed by atoms with Crippen molar-refractivity contribution >= 4 is 17.7 Å². The zero-order valence-corrected chi connectivity index (χ0v) is 15.8. The fourth-order valence-corrected chi connectivity index (χ4v) is 2.79. The summed E-state index contributed by atoms with van der Waals surface area (Å²) in [5, 5.41) is 2.87. The molecule has 0 fully saturated rings. The van der Waals surface area contributed by atoms with Gasteiger partial charge in [-0.15, -0.1) is 0 Å². The highest BCUT2D eigenvalue weighted by Gasteiger charge is 2.11. The molecule has 0 saturated heterocycles. The largest absolute Gasteiger partial charge is 0.486 e. The number of aryl methyl sites for hydroxylation is 1. The minimum absolute atomic E-state index is 0.233. The number of ether oxygens (including phenoxy) is 3. The van der Waals surface area contributed by atoms with E-state index in [-0.39, 0.29) is 11.9 Å². The van der Waals surface area contributed by atoms with Gasteiger partial charge in [0.15, 0.2) is 11.5 Å². The van der Waals surface area contributed by atoms with Crippen LogP contribution in [0.5, 0.6) is 23.3 Å². The van der Waals surface area contributed by atoms with Crippen LogP contribution in [0, 0.1) is 6.92 Å². The van der Waals surface area contributed by atoms with Crippen molar-refractivity contribution in [1.82, 2.24) is 9.97 Å². The van der Waals surface area contributed by atoms with Crippen molar-refractivity contribution in [1.29, 1.82) is 0 Å². The zero-order valence-electron chi connectivity index (χ0n) is 15.8. The Bertz CT molecular complexity index is 1050. The number of anilines is 1. The molecule has 1 amide bonds. The smallest absolute Gasteiger partial charge is 0.321 e. The van der Waals surface area contributed by atoms with E-state index in [0.29, 0.717) is 30.4 Å². The van der Waals surface area contributed by atoms with E-state index in [1.54, 1.807) is 36.7 Å². The number of aromatic nitrogens is 2.